The first kappa shape index (κ1) is 26.1. The first-order chi connectivity index (χ1) is 14.0. The number of rotatable bonds is 5. The molecule has 2 N–H and O–H groups in total. The summed E-state index contributed by atoms with van der Waals surface area (Å²) in [5, 5.41) is 11.4. The van der Waals surface area contributed by atoms with Gasteiger partial charge in [-0.05, 0) is 18.2 Å². The molecular formula is C16H12ClF3KN3O6S. The van der Waals surface area contributed by atoms with Gasteiger partial charge in [0.25, 0.3) is 5.91 Å². The minimum atomic E-state index is -5.15. The SMILES string of the molecule is O=C1N[C@@H](CO)COc2ncc([N-]S(=O)(=O)c3cc(Cl)ccc3OC(F)(F)F)cc21.[K+]. The number of nitrogens with zero attached hydrogens (tertiary/aromatic N) is 2. The summed E-state index contributed by atoms with van der Waals surface area (Å²) >= 11 is 5.71. The van der Waals surface area contributed by atoms with Crippen LogP contribution in [0.2, 0.25) is 5.02 Å². The summed E-state index contributed by atoms with van der Waals surface area (Å²) in [6.07, 6.45) is -4.19. The number of carbonyl (C=O) groups is 1. The van der Waals surface area contributed by atoms with E-state index in [2.05, 4.69) is 19.8 Å². The minimum Gasteiger partial charge on any atom is -0.571 e. The number of fused-ring (bicyclic) bond motifs is 1. The Morgan fingerprint density at radius 3 is 2.71 bits per heavy atom. The Hall–Kier alpha value is -1.13. The predicted molar refractivity (Wildman–Crippen MR) is 96.4 cm³/mol. The van der Waals surface area contributed by atoms with Gasteiger partial charge in [0, 0.05) is 11.2 Å². The van der Waals surface area contributed by atoms with Gasteiger partial charge in [-0.3, -0.25) is 4.79 Å². The van der Waals surface area contributed by atoms with Gasteiger partial charge < -0.3 is 24.6 Å². The predicted octanol–water partition coefficient (Wildman–Crippen LogP) is -0.485. The molecule has 3 rings (SSSR count). The molecule has 0 saturated carbocycles. The smallest absolute Gasteiger partial charge is 0.571 e. The number of benzene rings is 1. The van der Waals surface area contributed by atoms with Gasteiger partial charge in [0.2, 0.25) is 5.88 Å². The Balaban J connectivity index is 0.00000341. The van der Waals surface area contributed by atoms with Crippen molar-refractivity contribution in [3.63, 3.8) is 0 Å². The van der Waals surface area contributed by atoms with Gasteiger partial charge in [0.15, 0.2) is 0 Å². The summed E-state index contributed by atoms with van der Waals surface area (Å²) in [6, 6.07) is 2.84. The van der Waals surface area contributed by atoms with E-state index in [1.165, 1.54) is 0 Å². The number of halogens is 4. The fourth-order valence-electron chi connectivity index (χ4n) is 2.43. The van der Waals surface area contributed by atoms with E-state index < -0.39 is 45.6 Å². The molecule has 0 aliphatic carbocycles. The van der Waals surface area contributed by atoms with Crippen LogP contribution in [-0.4, -0.2) is 50.0 Å². The van der Waals surface area contributed by atoms with Gasteiger partial charge in [0.05, 0.1) is 17.5 Å². The standard InChI is InChI=1S/C16H12ClF3N3O6S.K/c17-8-1-2-12(29-16(18,19)20)13(3-8)30(26,27)23-9-4-11-14(25)22-10(6-24)7-28-15(11)21-5-9;/h1-5,10,24H,6-7H2,(H,22,25);/q-1;+1/t10-;/m0./s1. The first-order valence-corrected chi connectivity index (χ1v) is 9.88. The number of pyridine rings is 1. The van der Waals surface area contributed by atoms with Crippen LogP contribution in [0.3, 0.4) is 0 Å². The summed E-state index contributed by atoms with van der Waals surface area (Å²) in [5.74, 6) is -1.85. The maximum absolute atomic E-state index is 12.6. The van der Waals surface area contributed by atoms with Crippen molar-refractivity contribution < 1.29 is 92.3 Å². The summed E-state index contributed by atoms with van der Waals surface area (Å²) in [6.45, 7) is -0.472. The number of aliphatic hydroxyl groups is 1. The maximum atomic E-state index is 12.6. The van der Waals surface area contributed by atoms with Crippen molar-refractivity contribution >= 4 is 33.2 Å². The molecule has 1 aliphatic rings. The van der Waals surface area contributed by atoms with Crippen molar-refractivity contribution in [1.82, 2.24) is 10.3 Å². The third kappa shape index (κ3) is 6.68. The van der Waals surface area contributed by atoms with Crippen LogP contribution < -0.4 is 66.2 Å². The average molecular weight is 506 g/mol. The van der Waals surface area contributed by atoms with E-state index in [-0.39, 0.29) is 80.1 Å². The molecule has 1 atom stereocenters. The van der Waals surface area contributed by atoms with Crippen molar-refractivity contribution in [2.75, 3.05) is 13.2 Å². The molecule has 2 aromatic rings. The van der Waals surface area contributed by atoms with Crippen LogP contribution >= 0.6 is 11.6 Å². The van der Waals surface area contributed by atoms with E-state index in [0.717, 1.165) is 30.5 Å². The van der Waals surface area contributed by atoms with Gasteiger partial charge in [-0.15, -0.1) is 18.9 Å². The Morgan fingerprint density at radius 2 is 2.06 bits per heavy atom. The second-order valence-corrected chi connectivity index (χ2v) is 7.92. The van der Waals surface area contributed by atoms with Crippen LogP contribution in [0.1, 0.15) is 10.4 Å². The Labute approximate surface area is 221 Å². The fraction of sp³-hybridized carbons (Fsp3) is 0.250. The molecule has 9 nitrogen and oxygen atoms in total. The molecule has 1 amide bonds. The molecule has 0 fully saturated rings. The second kappa shape index (κ2) is 10.2. The summed E-state index contributed by atoms with van der Waals surface area (Å²) < 4.78 is 75.5. The fourth-order valence-corrected chi connectivity index (χ4v) is 3.78. The van der Waals surface area contributed by atoms with Crippen LogP contribution in [-0.2, 0) is 10.0 Å². The van der Waals surface area contributed by atoms with Crippen LogP contribution in [0.5, 0.6) is 11.6 Å². The topological polar surface area (TPSA) is 129 Å². The maximum Gasteiger partial charge on any atom is 1.00 e. The Kier molecular flexibility index (Phi) is 8.60. The summed E-state index contributed by atoms with van der Waals surface area (Å²) in [4.78, 5) is 15.1. The number of amides is 1. The molecule has 0 unspecified atom stereocenters. The Bertz CT molecular complexity index is 1090. The van der Waals surface area contributed by atoms with Crippen LogP contribution in [0.15, 0.2) is 35.4 Å². The quantitative estimate of drug-likeness (QED) is 0.525. The minimum absolute atomic E-state index is 0. The zero-order valence-corrected chi connectivity index (χ0v) is 20.4. The van der Waals surface area contributed by atoms with Crippen LogP contribution in [0, 0.1) is 0 Å². The first-order valence-electron chi connectivity index (χ1n) is 8.06. The number of carbonyl (C=O) groups excluding carboxylic acids is 1. The molecule has 162 valence electrons. The van der Waals surface area contributed by atoms with Gasteiger partial charge >= 0.3 is 57.7 Å². The van der Waals surface area contributed by atoms with Gasteiger partial charge in [-0.2, -0.15) is 0 Å². The molecule has 0 bridgehead atoms. The number of aromatic nitrogens is 1. The molecule has 1 aromatic carbocycles. The summed E-state index contributed by atoms with van der Waals surface area (Å²) in [5.41, 5.74) is -0.520. The van der Waals surface area contributed by atoms with Crippen LogP contribution in [0.4, 0.5) is 18.9 Å². The zero-order valence-electron chi connectivity index (χ0n) is 15.7. The molecule has 0 spiro atoms. The molecule has 2 heterocycles. The van der Waals surface area contributed by atoms with Crippen molar-refractivity contribution in [1.29, 1.82) is 0 Å². The second-order valence-electron chi connectivity index (χ2n) is 5.92. The third-order valence-electron chi connectivity index (χ3n) is 3.69. The molecule has 1 aromatic heterocycles. The van der Waals surface area contributed by atoms with Crippen molar-refractivity contribution in [2.24, 2.45) is 0 Å². The monoisotopic (exact) mass is 505 g/mol. The number of alkyl halides is 3. The van der Waals surface area contributed by atoms with E-state index in [1.807, 2.05) is 0 Å². The molecule has 1 aliphatic heterocycles. The Morgan fingerprint density at radius 1 is 1.35 bits per heavy atom. The number of aliphatic hydroxyl groups excluding tert-OH is 1. The van der Waals surface area contributed by atoms with Crippen molar-refractivity contribution in [3.8, 4) is 11.6 Å². The van der Waals surface area contributed by atoms with Crippen molar-refractivity contribution in [3.05, 3.63) is 45.8 Å². The van der Waals surface area contributed by atoms with Gasteiger partial charge in [0.1, 0.15) is 27.9 Å². The molecule has 31 heavy (non-hydrogen) atoms. The van der Waals surface area contributed by atoms with Crippen LogP contribution in [0.25, 0.3) is 4.72 Å². The van der Waals surface area contributed by atoms with E-state index >= 15 is 0 Å². The molecular weight excluding hydrogens is 494 g/mol. The largest absolute Gasteiger partial charge is 1.00 e. The number of hydrogen-bond donors (Lipinski definition) is 2. The zero-order chi connectivity index (χ0) is 22.1. The van der Waals surface area contributed by atoms with E-state index in [9.17, 15) is 26.4 Å². The summed E-state index contributed by atoms with van der Waals surface area (Å²) in [7, 11) is -4.74. The number of ether oxygens (including phenoxy) is 2. The third-order valence-corrected chi connectivity index (χ3v) is 5.25. The van der Waals surface area contributed by atoms with Crippen molar-refractivity contribution in [2.45, 2.75) is 17.3 Å². The molecule has 0 radical (unpaired) electrons. The number of sulfonamides is 1. The number of hydrogen-bond acceptors (Lipinski definition) is 7. The van der Waals surface area contributed by atoms with Gasteiger partial charge in [-0.25, -0.2) is 13.4 Å². The normalized spacial score (nSPS) is 16.2. The average Bonchev–Trinajstić information content (AvgIpc) is 2.80. The van der Waals surface area contributed by atoms with E-state index in [4.69, 9.17) is 21.4 Å². The van der Waals surface area contributed by atoms with E-state index in [0.29, 0.717) is 0 Å². The van der Waals surface area contributed by atoms with Gasteiger partial charge in [-0.1, -0.05) is 17.7 Å². The molecule has 15 heteroatoms. The molecule has 0 saturated heterocycles. The number of nitrogens with one attached hydrogen (secondary N) is 1. The van der Waals surface area contributed by atoms with E-state index in [1.54, 1.807) is 0 Å².